The lowest BCUT2D eigenvalue weighted by Crippen LogP contribution is -1.99. The van der Waals surface area contributed by atoms with Gasteiger partial charge in [-0.2, -0.15) is 5.10 Å². The Labute approximate surface area is 97.9 Å². The van der Waals surface area contributed by atoms with Crippen molar-refractivity contribution in [2.24, 2.45) is 0 Å². The Balaban J connectivity index is 2.30. The number of nitrogens with zero attached hydrogens (tertiary/aromatic N) is 5. The summed E-state index contributed by atoms with van der Waals surface area (Å²) in [6, 6.07) is 0. The number of fused-ring (bicyclic) bond motifs is 1. The molecule has 0 saturated heterocycles. The zero-order chi connectivity index (χ0) is 10.3. The largest absolute Gasteiger partial charge is 0.340 e. The van der Waals surface area contributed by atoms with E-state index < -0.39 is 0 Å². The van der Waals surface area contributed by atoms with Gasteiger partial charge in [0.05, 0.1) is 16.1 Å². The van der Waals surface area contributed by atoms with Gasteiger partial charge in [-0.25, -0.2) is 19.6 Å². The van der Waals surface area contributed by atoms with E-state index in [4.69, 9.17) is 0 Å². The second-order valence-corrected chi connectivity index (χ2v) is 4.15. The molecule has 3 aromatic heterocycles. The molecule has 3 heterocycles. The third-order valence-corrected chi connectivity index (χ3v) is 2.53. The van der Waals surface area contributed by atoms with Crippen molar-refractivity contribution in [2.75, 3.05) is 0 Å². The molecule has 74 valence electrons. The van der Waals surface area contributed by atoms with Crippen LogP contribution in [-0.2, 0) is 0 Å². The van der Waals surface area contributed by atoms with Crippen molar-refractivity contribution >= 4 is 33.8 Å². The first-order chi connectivity index (χ1) is 7.34. The summed E-state index contributed by atoms with van der Waals surface area (Å²) in [7, 11) is 0. The monoisotopic (exact) mass is 312 g/mol. The summed E-state index contributed by atoms with van der Waals surface area (Å²) in [5.41, 5.74) is 1.43. The van der Waals surface area contributed by atoms with Crippen LogP contribution in [0.5, 0.6) is 0 Å². The van der Waals surface area contributed by atoms with E-state index in [-0.39, 0.29) is 0 Å². The summed E-state index contributed by atoms with van der Waals surface area (Å²) in [6.45, 7) is 0. The zero-order valence-electron chi connectivity index (χ0n) is 7.42. The normalized spacial score (nSPS) is 11.0. The molecule has 0 radical (unpaired) electrons. The van der Waals surface area contributed by atoms with Gasteiger partial charge in [0.15, 0.2) is 11.5 Å². The van der Waals surface area contributed by atoms with Crippen molar-refractivity contribution in [2.45, 2.75) is 0 Å². The molecule has 0 saturated carbocycles. The van der Waals surface area contributed by atoms with E-state index in [1.807, 2.05) is 6.20 Å². The molecular formula is C8H5IN6. The Bertz CT molecular complexity index is 612. The van der Waals surface area contributed by atoms with E-state index in [2.05, 4.69) is 47.6 Å². The van der Waals surface area contributed by atoms with E-state index in [1.54, 1.807) is 17.2 Å². The van der Waals surface area contributed by atoms with Gasteiger partial charge in [-0.3, -0.25) is 0 Å². The highest BCUT2D eigenvalue weighted by atomic mass is 127. The van der Waals surface area contributed by atoms with Crippen LogP contribution in [0.25, 0.3) is 17.0 Å². The maximum absolute atomic E-state index is 4.19. The minimum Gasteiger partial charge on any atom is -0.340 e. The van der Waals surface area contributed by atoms with Crippen LogP contribution >= 0.6 is 22.6 Å². The highest BCUT2D eigenvalue weighted by Crippen LogP contribution is 2.14. The van der Waals surface area contributed by atoms with E-state index >= 15 is 0 Å². The van der Waals surface area contributed by atoms with Crippen molar-refractivity contribution in [3.05, 3.63) is 28.6 Å². The van der Waals surface area contributed by atoms with Crippen LogP contribution in [0.3, 0.4) is 0 Å². The molecule has 0 aliphatic heterocycles. The van der Waals surface area contributed by atoms with Crippen molar-refractivity contribution in [3.63, 3.8) is 0 Å². The molecule has 3 rings (SSSR count). The van der Waals surface area contributed by atoms with Crippen LogP contribution in [0.1, 0.15) is 0 Å². The molecule has 7 heteroatoms. The van der Waals surface area contributed by atoms with E-state index in [1.165, 1.54) is 6.33 Å². The van der Waals surface area contributed by atoms with Gasteiger partial charge in [-0.05, 0) is 22.6 Å². The molecule has 0 bridgehead atoms. The number of hydrogen-bond acceptors (Lipinski definition) is 4. The van der Waals surface area contributed by atoms with Gasteiger partial charge >= 0.3 is 0 Å². The maximum atomic E-state index is 4.19. The highest BCUT2D eigenvalue weighted by Gasteiger charge is 2.08. The van der Waals surface area contributed by atoms with Crippen LogP contribution in [0, 0.1) is 3.57 Å². The molecule has 0 aromatic carbocycles. The molecule has 0 aliphatic rings. The molecule has 3 aromatic rings. The summed E-state index contributed by atoms with van der Waals surface area (Å²) in [5, 5.41) is 4.19. The quantitative estimate of drug-likeness (QED) is 0.684. The van der Waals surface area contributed by atoms with Crippen molar-refractivity contribution < 1.29 is 0 Å². The number of halogens is 1. The number of H-pyrrole nitrogens is 1. The van der Waals surface area contributed by atoms with Crippen LogP contribution in [0.15, 0.2) is 25.0 Å². The Morgan fingerprint density at radius 2 is 2.20 bits per heavy atom. The summed E-state index contributed by atoms with van der Waals surface area (Å²) in [4.78, 5) is 15.3. The van der Waals surface area contributed by atoms with Crippen molar-refractivity contribution in [1.82, 2.24) is 29.7 Å². The highest BCUT2D eigenvalue weighted by molar-refractivity contribution is 14.1. The molecule has 0 amide bonds. The summed E-state index contributed by atoms with van der Waals surface area (Å²) in [6.07, 6.45) is 6.73. The minimum atomic E-state index is 0.644. The smallest absolute Gasteiger partial charge is 0.182 e. The van der Waals surface area contributed by atoms with Gasteiger partial charge in [-0.15, -0.1) is 0 Å². The second kappa shape index (κ2) is 3.26. The Kier molecular flexibility index (Phi) is 1.91. The first-order valence-corrected chi connectivity index (χ1v) is 5.27. The lowest BCUT2D eigenvalue weighted by Gasteiger charge is -1.99. The third kappa shape index (κ3) is 1.39. The second-order valence-electron chi connectivity index (χ2n) is 2.90. The zero-order valence-corrected chi connectivity index (χ0v) is 9.58. The fourth-order valence-corrected chi connectivity index (χ4v) is 1.73. The molecule has 15 heavy (non-hydrogen) atoms. The predicted octanol–water partition coefficient (Wildman–Crippen LogP) is 1.14. The van der Waals surface area contributed by atoms with Crippen molar-refractivity contribution in [1.29, 1.82) is 0 Å². The lowest BCUT2D eigenvalue weighted by molar-refractivity contribution is 0.848. The van der Waals surface area contributed by atoms with Crippen LogP contribution in [0.2, 0.25) is 0 Å². The Hall–Kier alpha value is -1.51. The predicted molar refractivity (Wildman–Crippen MR) is 61.5 cm³/mol. The number of imidazole rings is 1. The topological polar surface area (TPSA) is 72.3 Å². The lowest BCUT2D eigenvalue weighted by atomic mass is 10.5. The average molecular weight is 312 g/mol. The number of aromatic amines is 1. The molecule has 0 aliphatic carbocycles. The number of rotatable bonds is 1. The van der Waals surface area contributed by atoms with Crippen LogP contribution < -0.4 is 0 Å². The fraction of sp³-hybridized carbons (Fsp3) is 0. The summed E-state index contributed by atoms with van der Waals surface area (Å²) < 4.78 is 2.75. The molecular weight excluding hydrogens is 307 g/mol. The van der Waals surface area contributed by atoms with Gasteiger partial charge in [0.25, 0.3) is 0 Å². The van der Waals surface area contributed by atoms with Crippen molar-refractivity contribution in [3.8, 4) is 5.82 Å². The Morgan fingerprint density at radius 1 is 1.27 bits per heavy atom. The van der Waals surface area contributed by atoms with Gasteiger partial charge < -0.3 is 4.98 Å². The molecule has 1 N–H and O–H groups in total. The third-order valence-electron chi connectivity index (χ3n) is 1.97. The molecule has 0 atom stereocenters. The van der Waals surface area contributed by atoms with E-state index in [0.29, 0.717) is 11.5 Å². The van der Waals surface area contributed by atoms with Gasteiger partial charge in [-0.1, -0.05) is 0 Å². The first-order valence-electron chi connectivity index (χ1n) is 4.19. The summed E-state index contributed by atoms with van der Waals surface area (Å²) in [5.74, 6) is 0.709. The molecule has 6 nitrogen and oxygen atoms in total. The van der Waals surface area contributed by atoms with Crippen LogP contribution in [-0.4, -0.2) is 29.7 Å². The van der Waals surface area contributed by atoms with Gasteiger partial charge in [0.1, 0.15) is 11.8 Å². The Morgan fingerprint density at radius 3 is 3.00 bits per heavy atom. The van der Waals surface area contributed by atoms with Gasteiger partial charge in [0.2, 0.25) is 0 Å². The summed E-state index contributed by atoms with van der Waals surface area (Å²) >= 11 is 2.20. The number of aromatic nitrogens is 6. The standard InChI is InChI=1S/C8H5IN6/c9-5-1-14-15(2-5)8-6-7(11-3-10-6)12-4-13-8/h1-4H,(H,10,11,12,13). The molecule has 0 spiro atoms. The van der Waals surface area contributed by atoms with E-state index in [9.17, 15) is 0 Å². The number of hydrogen-bond donors (Lipinski definition) is 1. The molecule has 0 fully saturated rings. The molecule has 0 unspecified atom stereocenters. The first kappa shape index (κ1) is 8.77. The van der Waals surface area contributed by atoms with Gasteiger partial charge in [0, 0.05) is 6.20 Å². The maximum Gasteiger partial charge on any atom is 0.182 e. The van der Waals surface area contributed by atoms with Crippen LogP contribution in [0.4, 0.5) is 0 Å². The average Bonchev–Trinajstić information content (AvgIpc) is 2.84. The van der Waals surface area contributed by atoms with E-state index in [0.717, 1.165) is 9.09 Å². The SMILES string of the molecule is Ic1cnn(-c2ncnc3nc[nH]c23)c1. The minimum absolute atomic E-state index is 0.644. The fourth-order valence-electron chi connectivity index (χ4n) is 1.34. The number of nitrogens with one attached hydrogen (secondary N) is 1.